The zero-order chi connectivity index (χ0) is 12.4. The second-order valence-corrected chi connectivity index (χ2v) is 5.35. The number of hydrogen-bond acceptors (Lipinski definition) is 2. The molecule has 1 atom stereocenters. The maximum absolute atomic E-state index is 3.41. The van der Waals surface area contributed by atoms with Crippen molar-refractivity contribution in [2.45, 2.75) is 26.8 Å². The molecule has 0 aliphatic carbocycles. The van der Waals surface area contributed by atoms with Crippen LogP contribution in [0, 0.1) is 20.8 Å². The summed E-state index contributed by atoms with van der Waals surface area (Å²) in [6, 6.07) is 7.09. The highest BCUT2D eigenvalue weighted by atomic mass is 32.1. The molecule has 1 heterocycles. The van der Waals surface area contributed by atoms with Crippen molar-refractivity contribution in [2.75, 3.05) is 7.05 Å². The number of benzene rings is 1. The van der Waals surface area contributed by atoms with Crippen LogP contribution >= 0.6 is 11.3 Å². The van der Waals surface area contributed by atoms with Crippen LogP contribution in [0.1, 0.15) is 33.9 Å². The molecular formula is C15H19NS. The van der Waals surface area contributed by atoms with E-state index in [0.29, 0.717) is 6.04 Å². The zero-order valence-corrected chi connectivity index (χ0v) is 11.7. The molecule has 0 saturated carbocycles. The Morgan fingerprint density at radius 1 is 1.06 bits per heavy atom. The van der Waals surface area contributed by atoms with Crippen molar-refractivity contribution < 1.29 is 0 Å². The van der Waals surface area contributed by atoms with Gasteiger partial charge in [0.25, 0.3) is 0 Å². The zero-order valence-electron chi connectivity index (χ0n) is 10.9. The molecule has 90 valence electrons. The molecule has 1 aromatic heterocycles. The Kier molecular flexibility index (Phi) is 3.65. The van der Waals surface area contributed by atoms with E-state index in [1.807, 2.05) is 7.05 Å². The predicted octanol–water partition coefficient (Wildman–Crippen LogP) is 3.98. The summed E-state index contributed by atoms with van der Waals surface area (Å²) in [6.07, 6.45) is 0. The largest absolute Gasteiger partial charge is 0.309 e. The normalized spacial score (nSPS) is 12.7. The monoisotopic (exact) mass is 245 g/mol. The van der Waals surface area contributed by atoms with E-state index in [1.165, 1.54) is 27.8 Å². The van der Waals surface area contributed by atoms with E-state index in [9.17, 15) is 0 Å². The number of nitrogens with one attached hydrogen (secondary N) is 1. The van der Waals surface area contributed by atoms with Crippen molar-refractivity contribution in [3.8, 4) is 0 Å². The van der Waals surface area contributed by atoms with Crippen LogP contribution in [0.25, 0.3) is 0 Å². The van der Waals surface area contributed by atoms with Crippen LogP contribution in [0.5, 0.6) is 0 Å². The first-order chi connectivity index (χ1) is 8.13. The number of thiophene rings is 1. The van der Waals surface area contributed by atoms with Crippen molar-refractivity contribution in [1.29, 1.82) is 0 Å². The van der Waals surface area contributed by atoms with E-state index >= 15 is 0 Å². The first kappa shape index (κ1) is 12.3. The summed E-state index contributed by atoms with van der Waals surface area (Å²) in [4.78, 5) is 0. The van der Waals surface area contributed by atoms with Crippen LogP contribution in [0.15, 0.2) is 29.0 Å². The van der Waals surface area contributed by atoms with Crippen LogP contribution in [0.2, 0.25) is 0 Å². The quantitative estimate of drug-likeness (QED) is 0.862. The van der Waals surface area contributed by atoms with Gasteiger partial charge in [0.2, 0.25) is 0 Å². The summed E-state index contributed by atoms with van der Waals surface area (Å²) in [7, 11) is 2.02. The Balaban J connectivity index is 2.48. The molecule has 0 radical (unpaired) electrons. The molecule has 2 rings (SSSR count). The fourth-order valence-electron chi connectivity index (χ4n) is 2.23. The van der Waals surface area contributed by atoms with Gasteiger partial charge in [0, 0.05) is 0 Å². The molecule has 0 fully saturated rings. The lowest BCUT2D eigenvalue weighted by Crippen LogP contribution is -2.18. The van der Waals surface area contributed by atoms with E-state index in [0.717, 1.165) is 0 Å². The van der Waals surface area contributed by atoms with Gasteiger partial charge in [-0.2, -0.15) is 11.3 Å². The van der Waals surface area contributed by atoms with Gasteiger partial charge < -0.3 is 5.32 Å². The summed E-state index contributed by atoms with van der Waals surface area (Å²) >= 11 is 1.75. The van der Waals surface area contributed by atoms with E-state index in [1.54, 1.807) is 11.3 Å². The average Bonchev–Trinajstić information content (AvgIpc) is 2.80. The standard InChI is InChI=1S/C15H19NS/c1-10-7-12(3)14(8-11(10)2)15(16-4)13-5-6-17-9-13/h5-9,15-16H,1-4H3. The van der Waals surface area contributed by atoms with Gasteiger partial charge in [0.1, 0.15) is 0 Å². The highest BCUT2D eigenvalue weighted by molar-refractivity contribution is 7.08. The molecule has 2 heteroatoms. The van der Waals surface area contributed by atoms with Gasteiger partial charge in [-0.25, -0.2) is 0 Å². The van der Waals surface area contributed by atoms with Crippen molar-refractivity contribution >= 4 is 11.3 Å². The minimum absolute atomic E-state index is 0.306. The van der Waals surface area contributed by atoms with Crippen LogP contribution in [-0.2, 0) is 0 Å². The number of aryl methyl sites for hydroxylation is 3. The Bertz CT molecular complexity index is 500. The lowest BCUT2D eigenvalue weighted by atomic mass is 9.93. The number of hydrogen-bond donors (Lipinski definition) is 1. The molecule has 1 N–H and O–H groups in total. The molecule has 0 bridgehead atoms. The molecule has 1 aromatic carbocycles. The van der Waals surface area contributed by atoms with Gasteiger partial charge >= 0.3 is 0 Å². The average molecular weight is 245 g/mol. The van der Waals surface area contributed by atoms with Crippen molar-refractivity contribution in [3.05, 3.63) is 56.8 Å². The summed E-state index contributed by atoms with van der Waals surface area (Å²) < 4.78 is 0. The fraction of sp³-hybridized carbons (Fsp3) is 0.333. The fourth-order valence-corrected chi connectivity index (χ4v) is 2.92. The molecule has 2 aromatic rings. The first-order valence-electron chi connectivity index (χ1n) is 5.90. The van der Waals surface area contributed by atoms with Gasteiger partial charge in [-0.3, -0.25) is 0 Å². The molecule has 1 unspecified atom stereocenters. The van der Waals surface area contributed by atoms with Crippen LogP contribution in [-0.4, -0.2) is 7.05 Å². The van der Waals surface area contributed by atoms with E-state index in [2.05, 4.69) is 55.0 Å². The summed E-state index contributed by atoms with van der Waals surface area (Å²) in [5.41, 5.74) is 6.82. The second-order valence-electron chi connectivity index (χ2n) is 4.57. The minimum Gasteiger partial charge on any atom is -0.309 e. The topological polar surface area (TPSA) is 12.0 Å². The summed E-state index contributed by atoms with van der Waals surface area (Å²) in [6.45, 7) is 6.54. The Labute approximate surface area is 108 Å². The third kappa shape index (κ3) is 2.43. The summed E-state index contributed by atoms with van der Waals surface area (Å²) in [5, 5.41) is 7.77. The third-order valence-corrected chi connectivity index (χ3v) is 4.06. The van der Waals surface area contributed by atoms with E-state index in [-0.39, 0.29) is 0 Å². The molecule has 0 aliphatic rings. The van der Waals surface area contributed by atoms with Crippen LogP contribution in [0.4, 0.5) is 0 Å². The molecular weight excluding hydrogens is 226 g/mol. The van der Waals surface area contributed by atoms with Crippen LogP contribution in [0.3, 0.4) is 0 Å². The van der Waals surface area contributed by atoms with Crippen molar-refractivity contribution in [2.24, 2.45) is 0 Å². The Morgan fingerprint density at radius 2 is 1.76 bits per heavy atom. The van der Waals surface area contributed by atoms with Crippen molar-refractivity contribution in [1.82, 2.24) is 5.32 Å². The number of rotatable bonds is 3. The Morgan fingerprint density at radius 3 is 2.35 bits per heavy atom. The highest BCUT2D eigenvalue weighted by Crippen LogP contribution is 2.28. The van der Waals surface area contributed by atoms with Gasteiger partial charge in [-0.1, -0.05) is 12.1 Å². The molecule has 17 heavy (non-hydrogen) atoms. The Hall–Kier alpha value is -1.12. The van der Waals surface area contributed by atoms with E-state index < -0.39 is 0 Å². The SMILES string of the molecule is CNC(c1ccsc1)c1cc(C)c(C)cc1C. The van der Waals surface area contributed by atoms with Gasteiger partial charge in [-0.05, 0) is 72.5 Å². The molecule has 0 amide bonds. The lowest BCUT2D eigenvalue weighted by Gasteiger charge is -2.19. The first-order valence-corrected chi connectivity index (χ1v) is 6.85. The maximum Gasteiger partial charge on any atom is 0.0585 e. The maximum atomic E-state index is 3.41. The molecule has 0 aliphatic heterocycles. The second kappa shape index (κ2) is 5.03. The highest BCUT2D eigenvalue weighted by Gasteiger charge is 2.15. The summed E-state index contributed by atoms with van der Waals surface area (Å²) in [5.74, 6) is 0. The molecule has 0 spiro atoms. The van der Waals surface area contributed by atoms with Crippen LogP contribution < -0.4 is 5.32 Å². The third-order valence-electron chi connectivity index (χ3n) is 3.36. The van der Waals surface area contributed by atoms with Gasteiger partial charge in [-0.15, -0.1) is 0 Å². The molecule has 1 nitrogen and oxygen atoms in total. The van der Waals surface area contributed by atoms with Crippen molar-refractivity contribution in [3.63, 3.8) is 0 Å². The smallest absolute Gasteiger partial charge is 0.0585 e. The lowest BCUT2D eigenvalue weighted by molar-refractivity contribution is 0.689. The van der Waals surface area contributed by atoms with Gasteiger partial charge in [0.05, 0.1) is 6.04 Å². The minimum atomic E-state index is 0.306. The van der Waals surface area contributed by atoms with Gasteiger partial charge in [0.15, 0.2) is 0 Å². The van der Waals surface area contributed by atoms with E-state index in [4.69, 9.17) is 0 Å². The predicted molar refractivity (Wildman–Crippen MR) is 75.9 cm³/mol. The molecule has 0 saturated heterocycles.